The molecule has 3 heteroatoms. The third-order valence-corrected chi connectivity index (χ3v) is 4.37. The third-order valence-electron chi connectivity index (χ3n) is 3.10. The number of nitrogens with one attached hydrogen (secondary N) is 1. The predicted octanol–water partition coefficient (Wildman–Crippen LogP) is 4.63. The van der Waals surface area contributed by atoms with Gasteiger partial charge in [-0.05, 0) is 56.2 Å². The molecule has 0 aromatic heterocycles. The number of hydrogen-bond acceptors (Lipinski definition) is 2. The highest BCUT2D eigenvalue weighted by Gasteiger charge is 2.17. The lowest BCUT2D eigenvalue weighted by Crippen LogP contribution is -2.26. The first-order valence-corrected chi connectivity index (χ1v) is 8.33. The van der Waals surface area contributed by atoms with Crippen LogP contribution in [0.1, 0.15) is 49.4 Å². The van der Waals surface area contributed by atoms with Crippen LogP contribution in [0.3, 0.4) is 0 Å². The molecule has 1 aromatic carbocycles. The molecule has 0 bridgehead atoms. The monoisotopic (exact) mass is 283 g/mol. The van der Waals surface area contributed by atoms with E-state index in [1.807, 2.05) is 25.6 Å². The van der Waals surface area contributed by atoms with Gasteiger partial charge in [-0.15, -0.1) is 0 Å². The Balaban J connectivity index is 2.89. The van der Waals surface area contributed by atoms with Crippen molar-refractivity contribution in [2.75, 3.05) is 18.1 Å². The molecule has 0 aliphatic carbocycles. The second-order valence-corrected chi connectivity index (χ2v) is 6.21. The van der Waals surface area contributed by atoms with Gasteiger partial charge in [-0.2, -0.15) is 11.8 Å². The van der Waals surface area contributed by atoms with E-state index < -0.39 is 0 Å². The maximum Gasteiger partial charge on any atom is 0.128 e. The van der Waals surface area contributed by atoms with Gasteiger partial charge in [0, 0.05) is 17.4 Å². The second kappa shape index (κ2) is 8.60. The molecule has 0 fully saturated rings. The molecule has 19 heavy (non-hydrogen) atoms. The highest BCUT2D eigenvalue weighted by atomic mass is 32.2. The van der Waals surface area contributed by atoms with Crippen molar-refractivity contribution < 1.29 is 4.39 Å². The Hall–Kier alpha value is -0.540. The van der Waals surface area contributed by atoms with Gasteiger partial charge < -0.3 is 5.32 Å². The zero-order valence-corrected chi connectivity index (χ0v) is 13.4. The van der Waals surface area contributed by atoms with Crippen LogP contribution < -0.4 is 5.32 Å². The Kier molecular flexibility index (Phi) is 7.47. The van der Waals surface area contributed by atoms with Crippen molar-refractivity contribution in [1.82, 2.24) is 5.32 Å². The normalized spacial score (nSPS) is 12.7. The molecule has 0 saturated heterocycles. The standard InChI is InChI=1S/C16H26FNS/c1-5-7-18-15(11-19-8-6-2)16-13(4)9-12(3)10-14(16)17/h9-10,15,18H,5-8,11H2,1-4H3. The van der Waals surface area contributed by atoms with Crippen molar-refractivity contribution in [1.29, 1.82) is 0 Å². The zero-order chi connectivity index (χ0) is 14.3. The van der Waals surface area contributed by atoms with E-state index in [1.54, 1.807) is 6.07 Å². The molecule has 1 atom stereocenters. The first-order valence-electron chi connectivity index (χ1n) is 7.17. The summed E-state index contributed by atoms with van der Waals surface area (Å²) in [4.78, 5) is 0. The minimum absolute atomic E-state index is 0.0665. The molecule has 0 saturated carbocycles. The second-order valence-electron chi connectivity index (χ2n) is 5.06. The first kappa shape index (κ1) is 16.5. The minimum atomic E-state index is -0.0665. The van der Waals surface area contributed by atoms with E-state index in [2.05, 4.69) is 25.2 Å². The van der Waals surface area contributed by atoms with Crippen LogP contribution in [0.4, 0.5) is 4.39 Å². The molecule has 0 aliphatic heterocycles. The molecule has 0 spiro atoms. The highest BCUT2D eigenvalue weighted by Crippen LogP contribution is 2.26. The molecular formula is C16H26FNS. The van der Waals surface area contributed by atoms with Crippen molar-refractivity contribution in [3.8, 4) is 0 Å². The van der Waals surface area contributed by atoms with E-state index in [1.165, 1.54) is 6.42 Å². The maximum atomic E-state index is 14.2. The van der Waals surface area contributed by atoms with Crippen molar-refractivity contribution in [2.24, 2.45) is 0 Å². The lowest BCUT2D eigenvalue weighted by molar-refractivity contribution is 0.529. The fourth-order valence-corrected chi connectivity index (χ4v) is 3.25. The third kappa shape index (κ3) is 5.15. The van der Waals surface area contributed by atoms with Crippen LogP contribution in [-0.4, -0.2) is 18.1 Å². The number of rotatable bonds is 8. The van der Waals surface area contributed by atoms with Gasteiger partial charge in [0.2, 0.25) is 0 Å². The summed E-state index contributed by atoms with van der Waals surface area (Å²) in [7, 11) is 0. The van der Waals surface area contributed by atoms with Crippen molar-refractivity contribution >= 4 is 11.8 Å². The van der Waals surface area contributed by atoms with Gasteiger partial charge in [-0.3, -0.25) is 0 Å². The van der Waals surface area contributed by atoms with Crippen molar-refractivity contribution in [3.63, 3.8) is 0 Å². The molecule has 1 aromatic rings. The largest absolute Gasteiger partial charge is 0.309 e. The molecule has 1 N–H and O–H groups in total. The molecule has 1 nitrogen and oxygen atoms in total. The van der Waals surface area contributed by atoms with Gasteiger partial charge in [0.05, 0.1) is 0 Å². The number of hydrogen-bond donors (Lipinski definition) is 1. The van der Waals surface area contributed by atoms with Crippen LogP contribution in [-0.2, 0) is 0 Å². The quantitative estimate of drug-likeness (QED) is 0.698. The average molecular weight is 283 g/mol. The molecule has 1 rings (SSSR count). The maximum absolute atomic E-state index is 14.2. The highest BCUT2D eigenvalue weighted by molar-refractivity contribution is 7.99. The topological polar surface area (TPSA) is 12.0 Å². The predicted molar refractivity (Wildman–Crippen MR) is 84.5 cm³/mol. The van der Waals surface area contributed by atoms with Crippen LogP contribution in [0.25, 0.3) is 0 Å². The lowest BCUT2D eigenvalue weighted by atomic mass is 9.99. The Labute approximate surface area is 121 Å². The Morgan fingerprint density at radius 2 is 1.95 bits per heavy atom. The fourth-order valence-electron chi connectivity index (χ4n) is 2.28. The van der Waals surface area contributed by atoms with Crippen LogP contribution in [0.2, 0.25) is 0 Å². The van der Waals surface area contributed by atoms with Gasteiger partial charge in [0.1, 0.15) is 5.82 Å². The molecule has 108 valence electrons. The Morgan fingerprint density at radius 3 is 2.53 bits per heavy atom. The summed E-state index contributed by atoms with van der Waals surface area (Å²) in [5.41, 5.74) is 2.90. The number of halogens is 1. The average Bonchev–Trinajstić information content (AvgIpc) is 2.34. The number of thioether (sulfide) groups is 1. The summed E-state index contributed by atoms with van der Waals surface area (Å²) >= 11 is 1.90. The summed E-state index contributed by atoms with van der Waals surface area (Å²) in [5, 5.41) is 3.48. The van der Waals surface area contributed by atoms with Gasteiger partial charge in [0.15, 0.2) is 0 Å². The molecule has 0 aliphatic rings. The summed E-state index contributed by atoms with van der Waals surface area (Å²) in [6.45, 7) is 9.21. The van der Waals surface area contributed by atoms with E-state index in [9.17, 15) is 4.39 Å². The molecular weight excluding hydrogens is 257 g/mol. The van der Waals surface area contributed by atoms with E-state index in [4.69, 9.17) is 0 Å². The van der Waals surface area contributed by atoms with E-state index in [-0.39, 0.29) is 11.9 Å². The summed E-state index contributed by atoms with van der Waals surface area (Å²) in [6.07, 6.45) is 2.24. The van der Waals surface area contributed by atoms with Crippen LogP contribution in [0.15, 0.2) is 12.1 Å². The smallest absolute Gasteiger partial charge is 0.128 e. The summed E-state index contributed by atoms with van der Waals surface area (Å²) in [6, 6.07) is 3.84. The fraction of sp³-hybridized carbons (Fsp3) is 0.625. The van der Waals surface area contributed by atoms with Crippen molar-refractivity contribution in [3.05, 3.63) is 34.6 Å². The van der Waals surface area contributed by atoms with Gasteiger partial charge in [-0.25, -0.2) is 4.39 Å². The summed E-state index contributed by atoms with van der Waals surface area (Å²) in [5.74, 6) is 2.01. The first-order chi connectivity index (χ1) is 9.10. The van der Waals surface area contributed by atoms with Crippen molar-refractivity contribution in [2.45, 2.75) is 46.6 Å². The molecule has 1 unspecified atom stereocenters. The zero-order valence-electron chi connectivity index (χ0n) is 12.6. The molecule has 0 heterocycles. The summed E-state index contributed by atoms with van der Waals surface area (Å²) < 4.78 is 14.2. The Bertz CT molecular complexity index is 369. The van der Waals surface area contributed by atoms with E-state index >= 15 is 0 Å². The molecule has 0 amide bonds. The van der Waals surface area contributed by atoms with Gasteiger partial charge >= 0.3 is 0 Å². The van der Waals surface area contributed by atoms with E-state index in [0.717, 1.165) is 41.2 Å². The van der Waals surface area contributed by atoms with Gasteiger partial charge in [-0.1, -0.05) is 19.9 Å². The van der Waals surface area contributed by atoms with Gasteiger partial charge in [0.25, 0.3) is 0 Å². The number of benzene rings is 1. The lowest BCUT2D eigenvalue weighted by Gasteiger charge is -2.21. The SMILES string of the molecule is CCCNC(CSCCC)c1c(C)cc(C)cc1F. The Morgan fingerprint density at radius 1 is 1.21 bits per heavy atom. The van der Waals surface area contributed by atoms with Crippen LogP contribution >= 0.6 is 11.8 Å². The van der Waals surface area contributed by atoms with E-state index in [0.29, 0.717) is 0 Å². The van der Waals surface area contributed by atoms with Crippen LogP contribution in [0, 0.1) is 19.7 Å². The molecule has 0 radical (unpaired) electrons. The van der Waals surface area contributed by atoms with Crippen LogP contribution in [0.5, 0.6) is 0 Å². The minimum Gasteiger partial charge on any atom is -0.309 e. The number of aryl methyl sites for hydroxylation is 2.